The van der Waals surface area contributed by atoms with E-state index in [2.05, 4.69) is 17.4 Å². The lowest BCUT2D eigenvalue weighted by Crippen LogP contribution is -2.12. The van der Waals surface area contributed by atoms with Crippen molar-refractivity contribution >= 4 is 11.6 Å². The van der Waals surface area contributed by atoms with E-state index in [4.69, 9.17) is 4.42 Å². The van der Waals surface area contributed by atoms with Crippen LogP contribution in [0.25, 0.3) is 11.1 Å². The summed E-state index contributed by atoms with van der Waals surface area (Å²) in [6.07, 6.45) is 2.64. The van der Waals surface area contributed by atoms with E-state index >= 15 is 0 Å². The maximum absolute atomic E-state index is 11.9. The van der Waals surface area contributed by atoms with E-state index in [0.29, 0.717) is 12.8 Å². The summed E-state index contributed by atoms with van der Waals surface area (Å²) < 4.78 is 5.22. The Balaban J connectivity index is 1.58. The first-order valence-electron chi connectivity index (χ1n) is 7.29. The van der Waals surface area contributed by atoms with Crippen molar-refractivity contribution in [3.63, 3.8) is 0 Å². The molecular formula is C19H17NO2. The highest BCUT2D eigenvalue weighted by atomic mass is 16.3. The number of amides is 1. The Morgan fingerprint density at radius 3 is 2.27 bits per heavy atom. The summed E-state index contributed by atoms with van der Waals surface area (Å²) in [5.74, 6) is 0.818. The molecule has 0 bridgehead atoms. The lowest BCUT2D eigenvalue weighted by molar-refractivity contribution is -0.116. The molecule has 3 nitrogen and oxygen atoms in total. The Bertz CT molecular complexity index is 716. The Labute approximate surface area is 129 Å². The van der Waals surface area contributed by atoms with Gasteiger partial charge in [0.05, 0.1) is 6.26 Å². The maximum Gasteiger partial charge on any atom is 0.224 e. The normalized spacial score (nSPS) is 10.4. The van der Waals surface area contributed by atoms with Gasteiger partial charge >= 0.3 is 0 Å². The molecule has 0 atom stereocenters. The van der Waals surface area contributed by atoms with Gasteiger partial charge in [-0.1, -0.05) is 42.5 Å². The van der Waals surface area contributed by atoms with Gasteiger partial charge in [0.25, 0.3) is 0 Å². The van der Waals surface area contributed by atoms with E-state index in [1.165, 1.54) is 0 Å². The van der Waals surface area contributed by atoms with Crippen molar-refractivity contribution < 1.29 is 9.21 Å². The Kier molecular flexibility index (Phi) is 4.35. The van der Waals surface area contributed by atoms with Crippen LogP contribution in [0.5, 0.6) is 0 Å². The number of hydrogen-bond donors (Lipinski definition) is 1. The fourth-order valence-electron chi connectivity index (χ4n) is 2.29. The lowest BCUT2D eigenvalue weighted by atomic mass is 10.1. The molecule has 0 aliphatic rings. The van der Waals surface area contributed by atoms with Gasteiger partial charge in [-0.3, -0.25) is 4.79 Å². The number of rotatable bonds is 5. The molecule has 0 fully saturated rings. The third kappa shape index (κ3) is 3.64. The van der Waals surface area contributed by atoms with Crippen molar-refractivity contribution in [2.45, 2.75) is 12.8 Å². The van der Waals surface area contributed by atoms with Crippen LogP contribution in [0.1, 0.15) is 12.2 Å². The molecule has 1 heterocycles. The van der Waals surface area contributed by atoms with E-state index in [1.54, 1.807) is 6.26 Å². The molecule has 3 aromatic rings. The first-order chi connectivity index (χ1) is 10.8. The Morgan fingerprint density at radius 1 is 0.864 bits per heavy atom. The van der Waals surface area contributed by atoms with Gasteiger partial charge in [0.1, 0.15) is 5.76 Å². The number of carbonyl (C=O) groups is 1. The minimum atomic E-state index is -0.0103. The van der Waals surface area contributed by atoms with E-state index < -0.39 is 0 Å². The van der Waals surface area contributed by atoms with Crippen LogP contribution in [-0.2, 0) is 11.2 Å². The molecule has 0 unspecified atom stereocenters. The number of benzene rings is 2. The topological polar surface area (TPSA) is 42.2 Å². The lowest BCUT2D eigenvalue weighted by Gasteiger charge is -2.06. The molecule has 3 rings (SSSR count). The highest BCUT2D eigenvalue weighted by molar-refractivity contribution is 5.91. The molecule has 1 N–H and O–H groups in total. The van der Waals surface area contributed by atoms with Gasteiger partial charge in [-0.2, -0.15) is 0 Å². The second kappa shape index (κ2) is 6.76. The van der Waals surface area contributed by atoms with E-state index in [-0.39, 0.29) is 5.91 Å². The molecule has 3 heteroatoms. The average molecular weight is 291 g/mol. The third-order valence-electron chi connectivity index (χ3n) is 3.45. The van der Waals surface area contributed by atoms with Crippen molar-refractivity contribution in [3.8, 4) is 11.1 Å². The van der Waals surface area contributed by atoms with Gasteiger partial charge < -0.3 is 9.73 Å². The van der Waals surface area contributed by atoms with Gasteiger partial charge in [-0.15, -0.1) is 0 Å². The van der Waals surface area contributed by atoms with Crippen molar-refractivity contribution in [1.29, 1.82) is 0 Å². The third-order valence-corrected chi connectivity index (χ3v) is 3.45. The molecule has 22 heavy (non-hydrogen) atoms. The van der Waals surface area contributed by atoms with Crippen LogP contribution >= 0.6 is 0 Å². The molecule has 0 spiro atoms. The SMILES string of the molecule is O=C(CCc1ccco1)Nc1ccc(-c2ccccc2)cc1. The molecule has 0 saturated heterocycles. The number of nitrogens with one attached hydrogen (secondary N) is 1. The smallest absolute Gasteiger partial charge is 0.224 e. The van der Waals surface area contributed by atoms with Gasteiger partial charge in [0.2, 0.25) is 5.91 Å². The summed E-state index contributed by atoms with van der Waals surface area (Å²) in [6, 6.07) is 21.7. The van der Waals surface area contributed by atoms with Gasteiger partial charge in [-0.25, -0.2) is 0 Å². The minimum absolute atomic E-state index is 0.0103. The maximum atomic E-state index is 11.9. The molecule has 0 aliphatic heterocycles. The number of furan rings is 1. The van der Waals surface area contributed by atoms with E-state index in [1.807, 2.05) is 54.6 Å². The monoisotopic (exact) mass is 291 g/mol. The van der Waals surface area contributed by atoms with Crippen molar-refractivity contribution in [3.05, 3.63) is 78.8 Å². The largest absolute Gasteiger partial charge is 0.469 e. The van der Waals surface area contributed by atoms with Crippen molar-refractivity contribution in [2.24, 2.45) is 0 Å². The van der Waals surface area contributed by atoms with Crippen LogP contribution in [0, 0.1) is 0 Å². The van der Waals surface area contributed by atoms with Crippen LogP contribution < -0.4 is 5.32 Å². The highest BCUT2D eigenvalue weighted by Crippen LogP contribution is 2.21. The van der Waals surface area contributed by atoms with Crippen LogP contribution in [0.2, 0.25) is 0 Å². The average Bonchev–Trinajstić information content (AvgIpc) is 3.08. The molecule has 0 saturated carbocycles. The summed E-state index contributed by atoms with van der Waals surface area (Å²) in [5, 5.41) is 2.90. The first-order valence-corrected chi connectivity index (χ1v) is 7.29. The second-order valence-electron chi connectivity index (χ2n) is 5.07. The number of anilines is 1. The van der Waals surface area contributed by atoms with Crippen LogP contribution in [0.15, 0.2) is 77.4 Å². The minimum Gasteiger partial charge on any atom is -0.469 e. The first kappa shape index (κ1) is 14.1. The highest BCUT2D eigenvalue weighted by Gasteiger charge is 2.05. The Hall–Kier alpha value is -2.81. The summed E-state index contributed by atoms with van der Waals surface area (Å²) in [7, 11) is 0. The summed E-state index contributed by atoms with van der Waals surface area (Å²) in [5.41, 5.74) is 3.11. The number of carbonyl (C=O) groups excluding carboxylic acids is 1. The second-order valence-corrected chi connectivity index (χ2v) is 5.07. The quantitative estimate of drug-likeness (QED) is 0.751. The molecule has 2 aromatic carbocycles. The fraction of sp³-hybridized carbons (Fsp3) is 0.105. The van der Waals surface area contributed by atoms with Crippen LogP contribution in [0.3, 0.4) is 0 Å². The zero-order chi connectivity index (χ0) is 15.2. The van der Waals surface area contributed by atoms with E-state index in [9.17, 15) is 4.79 Å². The zero-order valence-corrected chi connectivity index (χ0v) is 12.2. The number of hydrogen-bond acceptors (Lipinski definition) is 2. The molecule has 110 valence electrons. The van der Waals surface area contributed by atoms with E-state index in [0.717, 1.165) is 22.6 Å². The molecule has 1 amide bonds. The zero-order valence-electron chi connectivity index (χ0n) is 12.2. The van der Waals surface area contributed by atoms with Crippen LogP contribution in [-0.4, -0.2) is 5.91 Å². The van der Waals surface area contributed by atoms with Crippen molar-refractivity contribution in [1.82, 2.24) is 0 Å². The summed E-state index contributed by atoms with van der Waals surface area (Å²) >= 11 is 0. The molecule has 1 aromatic heterocycles. The standard InChI is InChI=1S/C19H17NO2/c21-19(13-12-18-7-4-14-22-18)20-17-10-8-16(9-11-17)15-5-2-1-3-6-15/h1-11,14H,12-13H2,(H,20,21). The van der Waals surface area contributed by atoms with Gasteiger partial charge in [0.15, 0.2) is 0 Å². The predicted octanol–water partition coefficient (Wildman–Crippen LogP) is 4.52. The number of aryl methyl sites for hydroxylation is 1. The van der Waals surface area contributed by atoms with Crippen LogP contribution in [0.4, 0.5) is 5.69 Å². The molecular weight excluding hydrogens is 274 g/mol. The Morgan fingerprint density at radius 2 is 1.59 bits per heavy atom. The summed E-state index contributed by atoms with van der Waals surface area (Å²) in [6.45, 7) is 0. The molecule has 0 aliphatic carbocycles. The van der Waals surface area contributed by atoms with Crippen molar-refractivity contribution in [2.75, 3.05) is 5.32 Å². The predicted molar refractivity (Wildman–Crippen MR) is 87.5 cm³/mol. The fourth-order valence-corrected chi connectivity index (χ4v) is 2.29. The van der Waals surface area contributed by atoms with Gasteiger partial charge in [0, 0.05) is 18.5 Å². The summed E-state index contributed by atoms with van der Waals surface area (Å²) in [4.78, 5) is 11.9. The van der Waals surface area contributed by atoms with Gasteiger partial charge in [-0.05, 0) is 35.4 Å². The molecule has 0 radical (unpaired) electrons.